The van der Waals surface area contributed by atoms with Gasteiger partial charge in [-0.1, -0.05) is 0 Å². The fraction of sp³-hybridized carbons (Fsp3) is 0.533. The number of methoxy groups -OCH3 is 1. The van der Waals surface area contributed by atoms with Gasteiger partial charge >= 0.3 is 5.97 Å². The van der Waals surface area contributed by atoms with Crippen LogP contribution in [0.15, 0.2) is 23.1 Å². The molecule has 2 fully saturated rings. The molecule has 0 atom stereocenters. The first kappa shape index (κ1) is 15.6. The van der Waals surface area contributed by atoms with E-state index in [1.165, 1.54) is 38.2 Å². The van der Waals surface area contributed by atoms with Crippen molar-refractivity contribution in [2.75, 3.05) is 25.1 Å². The summed E-state index contributed by atoms with van der Waals surface area (Å²) >= 11 is 0. The zero-order valence-corrected chi connectivity index (χ0v) is 13.9. The lowest BCUT2D eigenvalue weighted by Gasteiger charge is -2.34. The Balaban J connectivity index is 1.96. The van der Waals surface area contributed by atoms with Crippen molar-refractivity contribution in [1.82, 2.24) is 0 Å². The zero-order valence-electron chi connectivity index (χ0n) is 12.3. The average Bonchev–Trinajstić information content (AvgIpc) is 3.25. The minimum absolute atomic E-state index is 0.00327. The second-order valence-corrected chi connectivity index (χ2v) is 8.66. The predicted octanol–water partition coefficient (Wildman–Crippen LogP) is 2.78. The lowest BCUT2D eigenvalue weighted by Crippen LogP contribution is -2.35. The van der Waals surface area contributed by atoms with Crippen LogP contribution in [0, 0.1) is 5.41 Å². The highest BCUT2D eigenvalue weighted by Gasteiger charge is 2.44. The van der Waals surface area contributed by atoms with Crippen molar-refractivity contribution in [2.24, 2.45) is 5.41 Å². The predicted molar refractivity (Wildman–Crippen MR) is 83.9 cm³/mol. The van der Waals surface area contributed by atoms with Crippen LogP contribution in [0.4, 0.5) is 5.69 Å². The van der Waals surface area contributed by atoms with Crippen LogP contribution in [-0.2, 0) is 13.8 Å². The quantitative estimate of drug-likeness (QED) is 0.623. The van der Waals surface area contributed by atoms with Gasteiger partial charge in [0.05, 0.1) is 23.3 Å². The first-order valence-electron chi connectivity index (χ1n) is 7.27. The third-order valence-electron chi connectivity index (χ3n) is 4.78. The monoisotopic (exact) mass is 343 g/mol. The number of anilines is 1. The average molecular weight is 344 g/mol. The fourth-order valence-corrected chi connectivity index (χ4v) is 3.88. The van der Waals surface area contributed by atoms with Gasteiger partial charge in [-0.05, 0) is 49.3 Å². The SMILES string of the molecule is COC(=O)c1ccc(S(=O)(=O)Cl)cc1N1CCC2(CC1)CC2. The summed E-state index contributed by atoms with van der Waals surface area (Å²) in [5.74, 6) is -0.472. The standard InChI is InChI=1S/C15H18ClNO4S/c1-21-14(18)12-3-2-11(22(16,19)20)10-13(12)17-8-6-15(4-5-15)7-9-17/h2-3,10H,4-9H2,1H3. The number of carbonyl (C=O) groups is 1. The number of halogens is 1. The largest absolute Gasteiger partial charge is 0.465 e. The normalized spacial score (nSPS) is 20.0. The van der Waals surface area contributed by atoms with Crippen LogP contribution < -0.4 is 4.90 Å². The fourth-order valence-electron chi connectivity index (χ4n) is 3.11. The molecule has 7 heteroatoms. The Morgan fingerprint density at radius 1 is 1.23 bits per heavy atom. The molecule has 1 aromatic carbocycles. The van der Waals surface area contributed by atoms with E-state index in [9.17, 15) is 13.2 Å². The summed E-state index contributed by atoms with van der Waals surface area (Å²) < 4.78 is 27.9. The highest BCUT2D eigenvalue weighted by molar-refractivity contribution is 8.13. The molecule has 0 bridgehead atoms. The third kappa shape index (κ3) is 2.94. The third-order valence-corrected chi connectivity index (χ3v) is 6.13. The molecule has 1 saturated heterocycles. The Labute approximate surface area is 134 Å². The van der Waals surface area contributed by atoms with Crippen LogP contribution in [0.2, 0.25) is 0 Å². The van der Waals surface area contributed by atoms with Crippen LogP contribution >= 0.6 is 10.7 Å². The van der Waals surface area contributed by atoms with Gasteiger partial charge in [-0.15, -0.1) is 0 Å². The number of hydrogen-bond donors (Lipinski definition) is 0. The Hall–Kier alpha value is -1.27. The van der Waals surface area contributed by atoms with E-state index < -0.39 is 15.0 Å². The second kappa shape index (κ2) is 5.42. The number of esters is 1. The van der Waals surface area contributed by atoms with Crippen LogP contribution in [0.1, 0.15) is 36.0 Å². The molecular formula is C15H18ClNO4S. The maximum absolute atomic E-state index is 11.9. The van der Waals surface area contributed by atoms with Crippen molar-refractivity contribution in [3.05, 3.63) is 23.8 Å². The summed E-state index contributed by atoms with van der Waals surface area (Å²) in [6, 6.07) is 4.28. The first-order chi connectivity index (χ1) is 10.3. The van der Waals surface area contributed by atoms with Crippen molar-refractivity contribution in [3.8, 4) is 0 Å². The van der Waals surface area contributed by atoms with Gasteiger partial charge < -0.3 is 9.64 Å². The lowest BCUT2D eigenvalue weighted by atomic mass is 9.93. The Kier molecular flexibility index (Phi) is 3.85. The molecule has 1 spiro atoms. The van der Waals surface area contributed by atoms with E-state index >= 15 is 0 Å². The second-order valence-electron chi connectivity index (χ2n) is 6.10. The Morgan fingerprint density at radius 2 is 1.86 bits per heavy atom. The van der Waals surface area contributed by atoms with Crippen molar-refractivity contribution in [3.63, 3.8) is 0 Å². The number of nitrogens with zero attached hydrogens (tertiary/aromatic N) is 1. The molecule has 1 aliphatic carbocycles. The summed E-state index contributed by atoms with van der Waals surface area (Å²) in [6.45, 7) is 1.63. The molecule has 5 nitrogen and oxygen atoms in total. The van der Waals surface area contributed by atoms with Gasteiger partial charge in [0.1, 0.15) is 0 Å². The van der Waals surface area contributed by atoms with Crippen LogP contribution in [0.3, 0.4) is 0 Å². The molecule has 0 amide bonds. The van der Waals surface area contributed by atoms with Crippen LogP contribution in [0.25, 0.3) is 0 Å². The molecule has 1 saturated carbocycles. The van der Waals surface area contributed by atoms with Crippen LogP contribution in [0.5, 0.6) is 0 Å². The summed E-state index contributed by atoms with van der Waals surface area (Å²) in [5, 5.41) is 0. The molecule has 3 rings (SSSR count). The van der Waals surface area contributed by atoms with E-state index in [1.54, 1.807) is 0 Å². The summed E-state index contributed by atoms with van der Waals surface area (Å²) in [6.07, 6.45) is 4.71. The number of rotatable bonds is 3. The topological polar surface area (TPSA) is 63.7 Å². The van der Waals surface area contributed by atoms with Crippen molar-refractivity contribution in [2.45, 2.75) is 30.6 Å². The van der Waals surface area contributed by atoms with Gasteiger partial charge in [0.25, 0.3) is 9.05 Å². The molecule has 2 aliphatic rings. The number of benzene rings is 1. The van der Waals surface area contributed by atoms with Crippen molar-refractivity contribution in [1.29, 1.82) is 0 Å². The molecule has 0 radical (unpaired) electrons. The molecule has 1 aromatic rings. The molecule has 22 heavy (non-hydrogen) atoms. The summed E-state index contributed by atoms with van der Waals surface area (Å²) in [7, 11) is 2.91. The molecule has 1 aliphatic heterocycles. The molecule has 1 heterocycles. The van der Waals surface area contributed by atoms with Crippen molar-refractivity contribution >= 4 is 31.4 Å². The zero-order chi connectivity index (χ0) is 16.0. The van der Waals surface area contributed by atoms with Gasteiger partial charge in [0.2, 0.25) is 0 Å². The van der Waals surface area contributed by atoms with Gasteiger partial charge in [0, 0.05) is 23.8 Å². The van der Waals surface area contributed by atoms with E-state index in [2.05, 4.69) is 4.90 Å². The van der Waals surface area contributed by atoms with Crippen LogP contribution in [-0.4, -0.2) is 34.6 Å². The van der Waals surface area contributed by atoms with Crippen molar-refractivity contribution < 1.29 is 17.9 Å². The van der Waals surface area contributed by atoms with E-state index in [-0.39, 0.29) is 4.90 Å². The highest BCUT2D eigenvalue weighted by atomic mass is 35.7. The number of hydrogen-bond acceptors (Lipinski definition) is 5. The smallest absolute Gasteiger partial charge is 0.339 e. The summed E-state index contributed by atoms with van der Waals surface area (Å²) in [4.78, 5) is 14.0. The number of ether oxygens (including phenoxy) is 1. The van der Waals surface area contributed by atoms with Gasteiger partial charge in [0.15, 0.2) is 0 Å². The molecule has 0 N–H and O–H groups in total. The van der Waals surface area contributed by atoms with E-state index in [1.807, 2.05) is 0 Å². The maximum Gasteiger partial charge on any atom is 0.339 e. The Morgan fingerprint density at radius 3 is 2.36 bits per heavy atom. The number of piperidine rings is 1. The van der Waals surface area contributed by atoms with E-state index in [4.69, 9.17) is 15.4 Å². The molecular weight excluding hydrogens is 326 g/mol. The maximum atomic E-state index is 11.9. The lowest BCUT2D eigenvalue weighted by molar-refractivity contribution is 0.0601. The highest BCUT2D eigenvalue weighted by Crippen LogP contribution is 2.54. The minimum Gasteiger partial charge on any atom is -0.465 e. The molecule has 0 aromatic heterocycles. The van der Waals surface area contributed by atoms with Gasteiger partial charge in [-0.25, -0.2) is 13.2 Å². The van der Waals surface area contributed by atoms with Gasteiger partial charge in [-0.2, -0.15) is 0 Å². The minimum atomic E-state index is -3.83. The first-order valence-corrected chi connectivity index (χ1v) is 9.58. The van der Waals surface area contributed by atoms with E-state index in [0.717, 1.165) is 25.9 Å². The Bertz CT molecular complexity index is 702. The van der Waals surface area contributed by atoms with E-state index in [0.29, 0.717) is 16.7 Å². The number of carbonyl (C=O) groups excluding carboxylic acids is 1. The summed E-state index contributed by atoms with van der Waals surface area (Å²) in [5.41, 5.74) is 1.46. The molecule has 0 unspecified atom stereocenters. The molecule has 120 valence electrons. The van der Waals surface area contributed by atoms with Gasteiger partial charge in [-0.3, -0.25) is 0 Å².